The topological polar surface area (TPSA) is 78.9 Å². The van der Waals surface area contributed by atoms with Crippen LogP contribution in [-0.4, -0.2) is 37.2 Å². The van der Waals surface area contributed by atoms with Crippen LogP contribution >= 0.6 is 0 Å². The summed E-state index contributed by atoms with van der Waals surface area (Å²) in [6.07, 6.45) is 40.9. The van der Waals surface area contributed by atoms with Crippen LogP contribution in [0, 0.1) is 5.92 Å². The molecule has 0 radical (unpaired) electrons. The first-order valence-corrected chi connectivity index (χ1v) is 23.4. The van der Waals surface area contributed by atoms with Crippen molar-refractivity contribution in [3.05, 3.63) is 0 Å². The minimum absolute atomic E-state index is 0.0636. The second-order valence-corrected chi connectivity index (χ2v) is 16.5. The first kappa shape index (κ1) is 51.4. The largest absolute Gasteiger partial charge is 0.462 e. The normalized spacial score (nSPS) is 11.9. The Morgan fingerprint density at radius 1 is 0.358 bits per heavy atom. The van der Waals surface area contributed by atoms with E-state index in [1.165, 1.54) is 154 Å². The molecule has 0 rings (SSSR count). The van der Waals surface area contributed by atoms with Gasteiger partial charge in [-0.25, -0.2) is 0 Å². The van der Waals surface area contributed by atoms with E-state index in [2.05, 4.69) is 27.7 Å². The summed E-state index contributed by atoms with van der Waals surface area (Å²) in [7, 11) is 0. The van der Waals surface area contributed by atoms with Gasteiger partial charge < -0.3 is 14.2 Å². The van der Waals surface area contributed by atoms with Gasteiger partial charge in [-0.3, -0.25) is 14.4 Å². The van der Waals surface area contributed by atoms with E-state index >= 15 is 0 Å². The number of carbonyl (C=O) groups is 3. The van der Waals surface area contributed by atoms with Crippen LogP contribution in [0.1, 0.15) is 259 Å². The second-order valence-electron chi connectivity index (χ2n) is 16.5. The molecule has 0 heterocycles. The van der Waals surface area contributed by atoms with Gasteiger partial charge in [0.2, 0.25) is 0 Å². The molecule has 6 heteroatoms. The molecular formula is C47H90O6. The lowest BCUT2D eigenvalue weighted by molar-refractivity contribution is -0.167. The van der Waals surface area contributed by atoms with Crippen molar-refractivity contribution >= 4 is 17.9 Å². The lowest BCUT2D eigenvalue weighted by Crippen LogP contribution is -2.30. The van der Waals surface area contributed by atoms with Crippen molar-refractivity contribution in [2.45, 2.75) is 265 Å². The predicted octanol–water partition coefficient (Wildman–Crippen LogP) is 14.7. The zero-order chi connectivity index (χ0) is 38.9. The molecule has 0 amide bonds. The standard InChI is InChI=1S/C47H90O6/c1-5-7-9-11-13-15-23-28-32-36-40-47(50)53-44(41-51-45(48)38-34-30-26-21-14-12-10-8-6-2)42-52-46(49)39-35-31-27-24-20-18-16-17-19-22-25-29-33-37-43(3)4/h43-44H,5-42H2,1-4H3/t44-/m0/s1. The minimum atomic E-state index is -0.758. The molecule has 0 aromatic carbocycles. The van der Waals surface area contributed by atoms with Gasteiger partial charge in [0.15, 0.2) is 6.10 Å². The Kier molecular flexibility index (Phi) is 40.3. The Morgan fingerprint density at radius 3 is 0.925 bits per heavy atom. The summed E-state index contributed by atoms with van der Waals surface area (Å²) in [6.45, 7) is 8.98. The average Bonchev–Trinajstić information content (AvgIpc) is 3.14. The monoisotopic (exact) mass is 751 g/mol. The number of ether oxygens (including phenoxy) is 3. The fourth-order valence-electron chi connectivity index (χ4n) is 6.98. The van der Waals surface area contributed by atoms with E-state index in [0.29, 0.717) is 19.3 Å². The van der Waals surface area contributed by atoms with Gasteiger partial charge in [-0.15, -0.1) is 0 Å². The maximum Gasteiger partial charge on any atom is 0.306 e. The van der Waals surface area contributed by atoms with Gasteiger partial charge in [-0.2, -0.15) is 0 Å². The van der Waals surface area contributed by atoms with Crippen LogP contribution in [0.4, 0.5) is 0 Å². The molecule has 53 heavy (non-hydrogen) atoms. The van der Waals surface area contributed by atoms with Crippen LogP contribution in [0.5, 0.6) is 0 Å². The summed E-state index contributed by atoms with van der Waals surface area (Å²) in [6, 6.07) is 0. The Labute approximate surface area is 329 Å². The molecule has 0 spiro atoms. The highest BCUT2D eigenvalue weighted by molar-refractivity contribution is 5.71. The maximum absolute atomic E-state index is 12.7. The van der Waals surface area contributed by atoms with E-state index in [9.17, 15) is 14.4 Å². The van der Waals surface area contributed by atoms with Gasteiger partial charge in [0.05, 0.1) is 0 Å². The number of unbranched alkanes of at least 4 members (excludes halogenated alkanes) is 29. The third-order valence-electron chi connectivity index (χ3n) is 10.5. The van der Waals surface area contributed by atoms with Crippen LogP contribution in [0.15, 0.2) is 0 Å². The molecule has 1 atom stereocenters. The fraction of sp³-hybridized carbons (Fsp3) is 0.936. The average molecular weight is 751 g/mol. The highest BCUT2D eigenvalue weighted by Gasteiger charge is 2.19. The molecule has 0 saturated heterocycles. The van der Waals surface area contributed by atoms with E-state index in [1.807, 2.05) is 0 Å². The number of esters is 3. The van der Waals surface area contributed by atoms with E-state index in [1.54, 1.807) is 0 Å². The number of hydrogen-bond donors (Lipinski definition) is 0. The summed E-state index contributed by atoms with van der Waals surface area (Å²) in [5.41, 5.74) is 0. The number of hydrogen-bond acceptors (Lipinski definition) is 6. The van der Waals surface area contributed by atoms with Crippen molar-refractivity contribution in [2.24, 2.45) is 5.92 Å². The molecule has 0 aliphatic rings. The van der Waals surface area contributed by atoms with E-state index in [0.717, 1.165) is 63.7 Å². The minimum Gasteiger partial charge on any atom is -0.462 e. The molecule has 0 aromatic heterocycles. The van der Waals surface area contributed by atoms with Gasteiger partial charge in [-0.05, 0) is 25.2 Å². The van der Waals surface area contributed by atoms with Gasteiger partial charge in [0.1, 0.15) is 13.2 Å². The third kappa shape index (κ3) is 41.4. The van der Waals surface area contributed by atoms with Crippen LogP contribution in [0.2, 0.25) is 0 Å². The maximum atomic E-state index is 12.7. The van der Waals surface area contributed by atoms with Crippen molar-refractivity contribution < 1.29 is 28.6 Å². The SMILES string of the molecule is CCCCCCCCCCCCC(=O)O[C@@H](COC(=O)CCCCCCCCCCC)COC(=O)CCCCCCCCCCCCCCCC(C)C. The van der Waals surface area contributed by atoms with Crippen LogP contribution in [-0.2, 0) is 28.6 Å². The molecule has 0 fully saturated rings. The lowest BCUT2D eigenvalue weighted by Gasteiger charge is -2.18. The predicted molar refractivity (Wildman–Crippen MR) is 224 cm³/mol. The van der Waals surface area contributed by atoms with Crippen molar-refractivity contribution in [1.29, 1.82) is 0 Å². The van der Waals surface area contributed by atoms with Crippen LogP contribution in [0.25, 0.3) is 0 Å². The molecule has 314 valence electrons. The van der Waals surface area contributed by atoms with Gasteiger partial charge >= 0.3 is 17.9 Å². The van der Waals surface area contributed by atoms with Crippen molar-refractivity contribution in [2.75, 3.05) is 13.2 Å². The van der Waals surface area contributed by atoms with Gasteiger partial charge in [0, 0.05) is 19.3 Å². The Morgan fingerprint density at radius 2 is 0.623 bits per heavy atom. The third-order valence-corrected chi connectivity index (χ3v) is 10.5. The summed E-state index contributed by atoms with van der Waals surface area (Å²) in [4.78, 5) is 37.6. The molecule has 0 aliphatic heterocycles. The highest BCUT2D eigenvalue weighted by Crippen LogP contribution is 2.16. The molecular weight excluding hydrogens is 661 g/mol. The van der Waals surface area contributed by atoms with Crippen molar-refractivity contribution in [3.63, 3.8) is 0 Å². The van der Waals surface area contributed by atoms with E-state index < -0.39 is 6.10 Å². The van der Waals surface area contributed by atoms with Crippen molar-refractivity contribution in [3.8, 4) is 0 Å². The van der Waals surface area contributed by atoms with Crippen LogP contribution < -0.4 is 0 Å². The smallest absolute Gasteiger partial charge is 0.306 e. The summed E-state index contributed by atoms with van der Waals surface area (Å²) < 4.78 is 16.7. The first-order valence-electron chi connectivity index (χ1n) is 23.4. The van der Waals surface area contributed by atoms with E-state index in [-0.39, 0.29) is 31.1 Å². The Hall–Kier alpha value is -1.59. The van der Waals surface area contributed by atoms with E-state index in [4.69, 9.17) is 14.2 Å². The Bertz CT molecular complexity index is 796. The quantitative estimate of drug-likeness (QED) is 0.0351. The molecule has 6 nitrogen and oxygen atoms in total. The molecule has 0 aromatic rings. The fourth-order valence-corrected chi connectivity index (χ4v) is 6.98. The zero-order valence-corrected chi connectivity index (χ0v) is 36.0. The molecule has 0 N–H and O–H groups in total. The first-order chi connectivity index (χ1) is 25.9. The second kappa shape index (κ2) is 41.6. The van der Waals surface area contributed by atoms with Crippen LogP contribution in [0.3, 0.4) is 0 Å². The molecule has 0 aliphatic carbocycles. The van der Waals surface area contributed by atoms with Crippen molar-refractivity contribution in [1.82, 2.24) is 0 Å². The summed E-state index contributed by atoms with van der Waals surface area (Å²) in [5, 5.41) is 0. The molecule has 0 bridgehead atoms. The molecule has 0 unspecified atom stereocenters. The number of rotatable bonds is 42. The van der Waals surface area contributed by atoms with Gasteiger partial charge in [-0.1, -0.05) is 220 Å². The van der Waals surface area contributed by atoms with Gasteiger partial charge in [0.25, 0.3) is 0 Å². The highest BCUT2D eigenvalue weighted by atomic mass is 16.6. The number of carbonyl (C=O) groups excluding carboxylic acids is 3. The lowest BCUT2D eigenvalue weighted by atomic mass is 10.0. The Balaban J connectivity index is 4.25. The summed E-state index contributed by atoms with van der Waals surface area (Å²) >= 11 is 0. The summed E-state index contributed by atoms with van der Waals surface area (Å²) in [5.74, 6) is -0.0159. The zero-order valence-electron chi connectivity index (χ0n) is 36.0. The molecule has 0 saturated carbocycles.